The largest absolute Gasteiger partial charge is 0.497 e. The minimum Gasteiger partial charge on any atom is -0.497 e. The summed E-state index contributed by atoms with van der Waals surface area (Å²) in [4.78, 5) is 14.3. The Balaban J connectivity index is 1.80. The molecule has 0 aliphatic rings. The molecule has 0 saturated heterocycles. The van der Waals surface area contributed by atoms with E-state index in [9.17, 15) is 9.18 Å². The Morgan fingerprint density at radius 1 is 1.03 bits per heavy atom. The highest BCUT2D eigenvalue weighted by Gasteiger charge is 2.20. The zero-order chi connectivity index (χ0) is 24.2. The second-order valence-electron chi connectivity index (χ2n) is 7.83. The summed E-state index contributed by atoms with van der Waals surface area (Å²) < 4.78 is 27.1. The summed E-state index contributed by atoms with van der Waals surface area (Å²) in [6, 6.07) is 18.1. The lowest BCUT2D eigenvalue weighted by Crippen LogP contribution is -2.33. The number of halogens is 2. The van der Waals surface area contributed by atoms with Crippen LogP contribution in [0.2, 0.25) is 5.02 Å². The summed E-state index contributed by atoms with van der Waals surface area (Å²) in [5, 5.41) is 0.884. The van der Waals surface area contributed by atoms with Crippen LogP contribution in [0.1, 0.15) is 19.4 Å². The van der Waals surface area contributed by atoms with Crippen LogP contribution in [-0.2, 0) is 6.54 Å². The monoisotopic (exact) mass is 480 g/mol. The van der Waals surface area contributed by atoms with Crippen molar-refractivity contribution in [2.45, 2.75) is 20.4 Å². The van der Waals surface area contributed by atoms with Gasteiger partial charge < -0.3 is 18.9 Å². The van der Waals surface area contributed by atoms with Crippen LogP contribution in [0.4, 0.5) is 9.18 Å². The van der Waals surface area contributed by atoms with Gasteiger partial charge in [-0.15, -0.1) is 0 Å². The molecule has 5 nitrogen and oxygen atoms in total. The normalized spacial score (nSPS) is 11.0. The van der Waals surface area contributed by atoms with Gasteiger partial charge in [0.15, 0.2) is 0 Å². The molecule has 0 radical (unpaired) electrons. The molecule has 4 aromatic rings. The van der Waals surface area contributed by atoms with Crippen LogP contribution in [0.15, 0.2) is 66.9 Å². The van der Waals surface area contributed by atoms with E-state index >= 15 is 0 Å². The molecule has 0 aliphatic carbocycles. The molecule has 1 heterocycles. The maximum atomic E-state index is 13.9. The number of carbonyl (C=O) groups is 1. The topological polar surface area (TPSA) is 43.7 Å². The second kappa shape index (κ2) is 10.2. The Labute approximate surface area is 203 Å². The van der Waals surface area contributed by atoms with E-state index in [4.69, 9.17) is 21.1 Å². The quantitative estimate of drug-likeness (QED) is 0.286. The van der Waals surface area contributed by atoms with Crippen molar-refractivity contribution in [1.29, 1.82) is 0 Å². The van der Waals surface area contributed by atoms with E-state index in [1.807, 2.05) is 56.4 Å². The van der Waals surface area contributed by atoms with Crippen LogP contribution in [0.25, 0.3) is 22.0 Å². The summed E-state index contributed by atoms with van der Waals surface area (Å²) in [5.74, 6) is 0.696. The summed E-state index contributed by atoms with van der Waals surface area (Å²) in [5.41, 5.74) is 3.42. The van der Waals surface area contributed by atoms with Gasteiger partial charge in [0.25, 0.3) is 0 Å². The van der Waals surface area contributed by atoms with Gasteiger partial charge in [-0.2, -0.15) is 0 Å². The number of fused-ring (bicyclic) bond motifs is 1. The number of amides is 1. The van der Waals surface area contributed by atoms with Crippen molar-refractivity contribution in [3.05, 3.63) is 83.3 Å². The number of ether oxygens (including phenoxy) is 2. The molecule has 0 bridgehead atoms. The van der Waals surface area contributed by atoms with Crippen LogP contribution >= 0.6 is 11.6 Å². The molecule has 4 rings (SSSR count). The molecule has 0 aliphatic heterocycles. The molecular weight excluding hydrogens is 455 g/mol. The van der Waals surface area contributed by atoms with Gasteiger partial charge in [0, 0.05) is 42.3 Å². The zero-order valence-electron chi connectivity index (χ0n) is 19.3. The molecule has 0 unspecified atom stereocenters. The van der Waals surface area contributed by atoms with E-state index in [0.29, 0.717) is 36.5 Å². The molecule has 34 heavy (non-hydrogen) atoms. The molecule has 176 valence electrons. The Hall–Kier alpha value is -3.51. The number of rotatable bonds is 7. The molecule has 0 fully saturated rings. The van der Waals surface area contributed by atoms with E-state index in [1.54, 1.807) is 30.2 Å². The van der Waals surface area contributed by atoms with Crippen LogP contribution in [-0.4, -0.2) is 35.8 Å². The summed E-state index contributed by atoms with van der Waals surface area (Å²) in [7, 11) is 1.64. The molecular formula is C27H26ClFN2O3. The molecule has 0 N–H and O–H groups in total. The average molecular weight is 481 g/mol. The maximum Gasteiger partial charge on any atom is 0.415 e. The molecule has 1 amide bonds. The first-order chi connectivity index (χ1) is 16.4. The summed E-state index contributed by atoms with van der Waals surface area (Å²) >= 11 is 6.10. The van der Waals surface area contributed by atoms with Gasteiger partial charge in [-0.1, -0.05) is 29.8 Å². The lowest BCUT2D eigenvalue weighted by atomic mass is 10.0. The first-order valence-corrected chi connectivity index (χ1v) is 11.5. The van der Waals surface area contributed by atoms with Gasteiger partial charge >= 0.3 is 6.09 Å². The van der Waals surface area contributed by atoms with Crippen molar-refractivity contribution in [1.82, 2.24) is 9.47 Å². The average Bonchev–Trinajstić information content (AvgIpc) is 3.24. The first-order valence-electron chi connectivity index (χ1n) is 11.1. The SMILES string of the molecule is CCN(CC)C(=O)Oc1ccc2c(ccn2Cc2ccc(OC)cc2)c1-c1ccc(F)c(Cl)c1. The third kappa shape index (κ3) is 4.73. The number of hydrogen-bond donors (Lipinski definition) is 0. The highest BCUT2D eigenvalue weighted by Crippen LogP contribution is 2.39. The number of carbonyl (C=O) groups excluding carboxylic acids is 1. The number of aromatic nitrogens is 1. The third-order valence-electron chi connectivity index (χ3n) is 5.85. The lowest BCUT2D eigenvalue weighted by molar-refractivity contribution is 0.157. The highest BCUT2D eigenvalue weighted by molar-refractivity contribution is 6.31. The molecule has 1 aromatic heterocycles. The van der Waals surface area contributed by atoms with Crippen molar-refractivity contribution >= 4 is 28.6 Å². The van der Waals surface area contributed by atoms with E-state index in [2.05, 4.69) is 4.57 Å². The first kappa shape index (κ1) is 23.6. The highest BCUT2D eigenvalue weighted by atomic mass is 35.5. The standard InChI is InChI=1S/C27H26ClFN2O3/c1-4-30(5-2)27(32)34-25-13-12-24-21(26(25)19-8-11-23(29)22(28)16-19)14-15-31(24)17-18-6-9-20(33-3)10-7-18/h6-16H,4-5,17H2,1-3H3. The summed E-state index contributed by atoms with van der Waals surface area (Å²) in [6.45, 7) is 5.51. The number of methoxy groups -OCH3 is 1. The fourth-order valence-electron chi connectivity index (χ4n) is 3.99. The Morgan fingerprint density at radius 2 is 1.76 bits per heavy atom. The Kier molecular flexibility index (Phi) is 7.08. The number of benzene rings is 3. The van der Waals surface area contributed by atoms with Crippen molar-refractivity contribution in [3.8, 4) is 22.6 Å². The van der Waals surface area contributed by atoms with E-state index in [1.165, 1.54) is 6.07 Å². The van der Waals surface area contributed by atoms with Gasteiger partial charge in [-0.3, -0.25) is 0 Å². The van der Waals surface area contributed by atoms with Crippen molar-refractivity contribution < 1.29 is 18.7 Å². The van der Waals surface area contributed by atoms with E-state index < -0.39 is 11.9 Å². The summed E-state index contributed by atoms with van der Waals surface area (Å²) in [6.07, 6.45) is 1.55. The van der Waals surface area contributed by atoms with Crippen molar-refractivity contribution in [2.24, 2.45) is 0 Å². The lowest BCUT2D eigenvalue weighted by Gasteiger charge is -2.20. The fourth-order valence-corrected chi connectivity index (χ4v) is 4.17. The van der Waals surface area contributed by atoms with E-state index in [-0.39, 0.29) is 5.02 Å². The Bertz CT molecular complexity index is 1310. The van der Waals surface area contributed by atoms with Gasteiger partial charge in [-0.05, 0) is 67.4 Å². The molecule has 0 atom stereocenters. The number of hydrogen-bond acceptors (Lipinski definition) is 3. The smallest absolute Gasteiger partial charge is 0.415 e. The van der Waals surface area contributed by atoms with Crippen molar-refractivity contribution in [2.75, 3.05) is 20.2 Å². The van der Waals surface area contributed by atoms with Gasteiger partial charge in [0.05, 0.1) is 12.1 Å². The van der Waals surface area contributed by atoms with Gasteiger partial charge in [0.2, 0.25) is 0 Å². The van der Waals surface area contributed by atoms with Gasteiger partial charge in [-0.25, -0.2) is 9.18 Å². The zero-order valence-corrected chi connectivity index (χ0v) is 20.1. The molecule has 3 aromatic carbocycles. The van der Waals surface area contributed by atoms with Crippen molar-refractivity contribution in [3.63, 3.8) is 0 Å². The van der Waals surface area contributed by atoms with E-state index in [0.717, 1.165) is 22.2 Å². The predicted octanol–water partition coefficient (Wildman–Crippen LogP) is 7.00. The predicted molar refractivity (Wildman–Crippen MR) is 133 cm³/mol. The fraction of sp³-hybridized carbons (Fsp3) is 0.222. The minimum atomic E-state index is -0.503. The number of nitrogens with zero attached hydrogens (tertiary/aromatic N) is 2. The molecule has 7 heteroatoms. The second-order valence-corrected chi connectivity index (χ2v) is 8.24. The molecule has 0 spiro atoms. The Morgan fingerprint density at radius 3 is 2.41 bits per heavy atom. The minimum absolute atomic E-state index is 0.00758. The molecule has 0 saturated carbocycles. The van der Waals surface area contributed by atoms with Crippen LogP contribution in [0, 0.1) is 5.82 Å². The maximum absolute atomic E-state index is 13.9. The van der Waals surface area contributed by atoms with Crippen LogP contribution < -0.4 is 9.47 Å². The van der Waals surface area contributed by atoms with Gasteiger partial charge in [0.1, 0.15) is 17.3 Å². The van der Waals surface area contributed by atoms with Crippen LogP contribution in [0.5, 0.6) is 11.5 Å². The van der Waals surface area contributed by atoms with Crippen LogP contribution in [0.3, 0.4) is 0 Å². The third-order valence-corrected chi connectivity index (χ3v) is 6.14.